The number of benzene rings is 2. The maximum Gasteiger partial charge on any atom is 0.245 e. The predicted octanol–water partition coefficient (Wildman–Crippen LogP) is 3.59. The monoisotopic (exact) mass is 491 g/mol. The molecule has 1 aliphatic rings. The summed E-state index contributed by atoms with van der Waals surface area (Å²) in [5.41, 5.74) is 6.30. The quantitative estimate of drug-likeness (QED) is 0.423. The minimum Gasteiger partial charge on any atom is -0.383 e. The zero-order chi connectivity index (χ0) is 24.4. The fourth-order valence-corrected chi connectivity index (χ4v) is 5.10. The van der Waals surface area contributed by atoms with Crippen molar-refractivity contribution >= 4 is 27.0 Å². The lowest BCUT2D eigenvalue weighted by molar-refractivity contribution is 0.150. The molecule has 0 saturated carbocycles. The summed E-state index contributed by atoms with van der Waals surface area (Å²) in [6, 6.07) is 17.2. The summed E-state index contributed by atoms with van der Waals surface area (Å²) in [4.78, 5) is 7.23. The highest BCUT2D eigenvalue weighted by Crippen LogP contribution is 2.25. The van der Waals surface area contributed by atoms with E-state index in [1.165, 1.54) is 17.4 Å². The molecule has 182 valence electrons. The van der Waals surface area contributed by atoms with Crippen LogP contribution in [0.3, 0.4) is 0 Å². The number of fused-ring (bicyclic) bond motifs is 2. The molecule has 1 N–H and O–H groups in total. The molecule has 8 nitrogen and oxygen atoms in total. The molecule has 2 aromatic carbocycles. The Balaban J connectivity index is 1.37. The Morgan fingerprint density at radius 1 is 1.00 bits per heavy atom. The number of anilines is 2. The van der Waals surface area contributed by atoms with Crippen LogP contribution in [0.2, 0.25) is 0 Å². The van der Waals surface area contributed by atoms with E-state index in [4.69, 9.17) is 9.84 Å². The van der Waals surface area contributed by atoms with E-state index < -0.39 is 9.84 Å². The zero-order valence-electron chi connectivity index (χ0n) is 19.9. The van der Waals surface area contributed by atoms with E-state index in [1.807, 2.05) is 16.6 Å². The highest BCUT2D eigenvalue weighted by atomic mass is 32.2. The number of rotatable bonds is 7. The number of hydrogen-bond acceptors (Lipinski definition) is 7. The Morgan fingerprint density at radius 3 is 2.51 bits per heavy atom. The van der Waals surface area contributed by atoms with Gasteiger partial charge < -0.3 is 15.0 Å². The van der Waals surface area contributed by atoms with Crippen molar-refractivity contribution in [1.29, 1.82) is 0 Å². The van der Waals surface area contributed by atoms with Gasteiger partial charge in [-0.3, -0.25) is 0 Å². The first-order valence-corrected chi connectivity index (χ1v) is 13.6. The van der Waals surface area contributed by atoms with E-state index in [2.05, 4.69) is 33.4 Å². The Kier molecular flexibility index (Phi) is 6.55. The maximum atomic E-state index is 11.8. The zero-order valence-corrected chi connectivity index (χ0v) is 20.8. The molecule has 2 aromatic heterocycles. The molecular weight excluding hydrogens is 462 g/mol. The fourth-order valence-electron chi connectivity index (χ4n) is 4.47. The Bertz CT molecular complexity index is 1450. The van der Waals surface area contributed by atoms with Gasteiger partial charge in [-0.2, -0.15) is 0 Å². The van der Waals surface area contributed by atoms with Crippen molar-refractivity contribution in [3.05, 3.63) is 71.9 Å². The van der Waals surface area contributed by atoms with Crippen LogP contribution in [0.5, 0.6) is 0 Å². The molecule has 0 saturated heterocycles. The summed E-state index contributed by atoms with van der Waals surface area (Å²) in [5.74, 6) is 0.498. The molecule has 0 spiro atoms. The molecule has 0 amide bonds. The summed E-state index contributed by atoms with van der Waals surface area (Å²) in [7, 11) is -1.49. The van der Waals surface area contributed by atoms with Gasteiger partial charge in [0.1, 0.15) is 0 Å². The summed E-state index contributed by atoms with van der Waals surface area (Å²) in [5, 5.41) is 8.06. The van der Waals surface area contributed by atoms with Crippen molar-refractivity contribution < 1.29 is 13.2 Å². The van der Waals surface area contributed by atoms with Crippen LogP contribution in [-0.4, -0.2) is 67.5 Å². The van der Waals surface area contributed by atoms with Crippen LogP contribution >= 0.6 is 0 Å². The van der Waals surface area contributed by atoms with Crippen LogP contribution in [-0.2, 0) is 27.4 Å². The second kappa shape index (κ2) is 9.77. The first-order chi connectivity index (χ1) is 16.9. The average molecular weight is 492 g/mol. The van der Waals surface area contributed by atoms with Gasteiger partial charge in [0.15, 0.2) is 9.84 Å². The first-order valence-electron chi connectivity index (χ1n) is 11.7. The number of nitrogens with zero attached hydrogens (tertiary/aromatic N) is 4. The van der Waals surface area contributed by atoms with Crippen LogP contribution in [0.1, 0.15) is 11.1 Å². The Morgan fingerprint density at radius 2 is 1.77 bits per heavy atom. The normalized spacial score (nSPS) is 14.6. The topological polar surface area (TPSA) is 88.8 Å². The van der Waals surface area contributed by atoms with Crippen molar-refractivity contribution in [1.82, 2.24) is 19.5 Å². The summed E-state index contributed by atoms with van der Waals surface area (Å²) >= 11 is 0. The number of sulfone groups is 1. The van der Waals surface area contributed by atoms with Gasteiger partial charge >= 0.3 is 0 Å². The second-order valence-electron chi connectivity index (χ2n) is 8.88. The minimum absolute atomic E-state index is 0.295. The number of hydrogen-bond donors (Lipinski definition) is 1. The van der Waals surface area contributed by atoms with E-state index in [1.54, 1.807) is 37.6 Å². The van der Waals surface area contributed by atoms with E-state index in [0.717, 1.165) is 61.5 Å². The molecule has 1 aliphatic heterocycles. The highest BCUT2D eigenvalue weighted by molar-refractivity contribution is 7.90. The maximum absolute atomic E-state index is 11.8. The Hall–Kier alpha value is -3.27. The molecule has 3 heterocycles. The van der Waals surface area contributed by atoms with E-state index in [-0.39, 0.29) is 0 Å². The van der Waals surface area contributed by atoms with Crippen molar-refractivity contribution in [2.24, 2.45) is 0 Å². The predicted molar refractivity (Wildman–Crippen MR) is 137 cm³/mol. The molecule has 0 aliphatic carbocycles. The average Bonchev–Trinajstić information content (AvgIpc) is 3.16. The largest absolute Gasteiger partial charge is 0.383 e. The van der Waals surface area contributed by atoms with Gasteiger partial charge in [0.05, 0.1) is 28.9 Å². The third-order valence-electron chi connectivity index (χ3n) is 6.45. The number of ether oxygens (including phenoxy) is 1. The van der Waals surface area contributed by atoms with Gasteiger partial charge in [-0.25, -0.2) is 17.9 Å². The van der Waals surface area contributed by atoms with Gasteiger partial charge in [-0.15, -0.1) is 5.10 Å². The van der Waals surface area contributed by atoms with Crippen LogP contribution < -0.4 is 5.32 Å². The number of methoxy groups -OCH3 is 1. The van der Waals surface area contributed by atoms with Crippen molar-refractivity contribution in [2.45, 2.75) is 17.7 Å². The van der Waals surface area contributed by atoms with E-state index in [0.29, 0.717) is 10.8 Å². The summed E-state index contributed by atoms with van der Waals surface area (Å²) in [6.07, 6.45) is 5.02. The van der Waals surface area contributed by atoms with Crippen molar-refractivity contribution in [2.75, 3.05) is 44.9 Å². The smallest absolute Gasteiger partial charge is 0.245 e. The molecule has 0 bridgehead atoms. The molecule has 0 unspecified atom stereocenters. The lowest BCUT2D eigenvalue weighted by Gasteiger charge is -2.18. The van der Waals surface area contributed by atoms with Gasteiger partial charge in [0.2, 0.25) is 5.95 Å². The second-order valence-corrected chi connectivity index (χ2v) is 10.9. The molecule has 0 atom stereocenters. The van der Waals surface area contributed by atoms with Crippen molar-refractivity contribution in [3.63, 3.8) is 0 Å². The highest BCUT2D eigenvalue weighted by Gasteiger charge is 2.15. The van der Waals surface area contributed by atoms with E-state index in [9.17, 15) is 8.42 Å². The van der Waals surface area contributed by atoms with Gasteiger partial charge in [0.25, 0.3) is 0 Å². The molecule has 5 rings (SSSR count). The molecule has 4 aromatic rings. The minimum atomic E-state index is -3.24. The lowest BCUT2D eigenvalue weighted by atomic mass is 10.0. The first kappa shape index (κ1) is 23.5. The van der Waals surface area contributed by atoms with Gasteiger partial charge in [-0.05, 0) is 60.4 Å². The molecular formula is C26H29N5O3S. The molecule has 0 fully saturated rings. The number of aromatic nitrogens is 3. The third-order valence-corrected chi connectivity index (χ3v) is 7.57. The Labute approximate surface area is 205 Å². The molecule has 0 radical (unpaired) electrons. The van der Waals surface area contributed by atoms with Crippen LogP contribution in [0.15, 0.2) is 65.7 Å². The lowest BCUT2D eigenvalue weighted by Crippen LogP contribution is -2.29. The SMILES string of the molecule is COCCN1CCc2ccc(Nc3ncc4ccc(-c5ccc(S(C)(=O)=O)cc5)n4n3)cc2CC1. The van der Waals surface area contributed by atoms with Crippen LogP contribution in [0.25, 0.3) is 16.8 Å². The summed E-state index contributed by atoms with van der Waals surface area (Å²) in [6.45, 7) is 3.78. The summed E-state index contributed by atoms with van der Waals surface area (Å²) < 4.78 is 30.6. The van der Waals surface area contributed by atoms with Crippen molar-refractivity contribution in [3.8, 4) is 11.3 Å². The van der Waals surface area contributed by atoms with E-state index >= 15 is 0 Å². The number of nitrogens with one attached hydrogen (secondary N) is 1. The standard InChI is InChI=1S/C26H29N5O3S/c1-34-16-15-30-13-11-19-3-6-22(17-21(19)12-14-30)28-26-27-18-23-7-10-25(31(23)29-26)20-4-8-24(9-5-20)35(2,32)33/h3-10,17-18H,11-16H2,1-2H3,(H,28,29). The third kappa shape index (κ3) is 5.22. The molecule has 9 heteroatoms. The molecule has 35 heavy (non-hydrogen) atoms. The van der Waals surface area contributed by atoms with Gasteiger partial charge in [0, 0.05) is 44.3 Å². The van der Waals surface area contributed by atoms with Crippen LogP contribution in [0.4, 0.5) is 11.6 Å². The fraction of sp³-hybridized carbons (Fsp3) is 0.308. The van der Waals surface area contributed by atoms with Crippen LogP contribution in [0, 0.1) is 0 Å². The van der Waals surface area contributed by atoms with Gasteiger partial charge in [-0.1, -0.05) is 18.2 Å².